The average molecular weight is 248 g/mol. The number of benzene rings is 1. The lowest BCUT2D eigenvalue weighted by molar-refractivity contribution is 0.108. The van der Waals surface area contributed by atoms with E-state index in [2.05, 4.69) is 0 Å². The second-order valence-electron chi connectivity index (χ2n) is 5.08. The van der Waals surface area contributed by atoms with Crippen molar-refractivity contribution < 1.29 is 4.79 Å². The van der Waals surface area contributed by atoms with Crippen molar-refractivity contribution in [3.63, 3.8) is 0 Å². The number of hydrogen-bond donors (Lipinski definition) is 0. The second-order valence-corrected chi connectivity index (χ2v) is 6.63. The van der Waals surface area contributed by atoms with E-state index in [-0.39, 0.29) is 0 Å². The van der Waals surface area contributed by atoms with Crippen LogP contribution < -0.4 is 0 Å². The topological polar surface area (TPSA) is 17.1 Å². The first-order valence-corrected chi connectivity index (χ1v) is 7.63. The van der Waals surface area contributed by atoms with E-state index in [0.29, 0.717) is 19.8 Å². The zero-order chi connectivity index (χ0) is 12.3. The number of aryl methyl sites for hydroxylation is 2. The van der Waals surface area contributed by atoms with Crippen LogP contribution in [0.4, 0.5) is 0 Å². The third kappa shape index (κ3) is 3.16. The van der Waals surface area contributed by atoms with Crippen molar-refractivity contribution in [2.45, 2.75) is 51.6 Å². The third-order valence-electron chi connectivity index (χ3n) is 3.65. The van der Waals surface area contributed by atoms with Gasteiger partial charge in [0.15, 0.2) is 5.52 Å². The van der Waals surface area contributed by atoms with E-state index in [1.54, 1.807) is 0 Å². The summed E-state index contributed by atoms with van der Waals surface area (Å²) in [5.74, 6) is 0. The summed E-state index contributed by atoms with van der Waals surface area (Å²) in [6.07, 6.45) is 6.51. The van der Waals surface area contributed by atoms with E-state index in [9.17, 15) is 4.79 Å². The van der Waals surface area contributed by atoms with Gasteiger partial charge in [0, 0.05) is 5.56 Å². The number of rotatable bonds is 3. The summed E-state index contributed by atoms with van der Waals surface area (Å²) in [6, 6.07) is 6.13. The van der Waals surface area contributed by atoms with Crippen LogP contribution in [-0.4, -0.2) is 11.2 Å². The molecule has 0 bridgehead atoms. The smallest absolute Gasteiger partial charge is 0.181 e. The quantitative estimate of drug-likeness (QED) is 0.722. The zero-order valence-electron chi connectivity index (χ0n) is 10.8. The molecule has 2 heteroatoms. The first-order chi connectivity index (χ1) is 8.18. The summed E-state index contributed by atoms with van der Waals surface area (Å²) in [5, 5.41) is 0. The van der Waals surface area contributed by atoms with Gasteiger partial charge in [-0.15, -0.1) is 0 Å². The fourth-order valence-electron chi connectivity index (χ4n) is 2.68. The minimum atomic E-state index is 0.382. The molecule has 0 amide bonds. The van der Waals surface area contributed by atoms with Crippen LogP contribution in [0.25, 0.3) is 0 Å². The molecule has 1 unspecified atom stereocenters. The molecule has 1 nitrogen and oxygen atoms in total. The Bertz CT molecular complexity index is 385. The third-order valence-corrected chi connectivity index (χ3v) is 5.15. The molecule has 0 saturated heterocycles. The maximum absolute atomic E-state index is 12.4. The van der Waals surface area contributed by atoms with Gasteiger partial charge in [-0.2, -0.15) is 0 Å². The molecule has 1 atom stereocenters. The molecule has 1 aliphatic carbocycles. The molecule has 0 heterocycles. The Morgan fingerprint density at radius 1 is 1.12 bits per heavy atom. The summed E-state index contributed by atoms with van der Waals surface area (Å²) in [6.45, 7) is 4.09. The maximum atomic E-state index is 12.4. The molecule has 92 valence electrons. The minimum Gasteiger partial charge on any atom is -0.289 e. The van der Waals surface area contributed by atoms with Gasteiger partial charge in [-0.3, -0.25) is 4.79 Å². The van der Waals surface area contributed by atoms with E-state index >= 15 is 0 Å². The van der Waals surface area contributed by atoms with Crippen molar-refractivity contribution in [1.29, 1.82) is 0 Å². The van der Waals surface area contributed by atoms with Crippen LogP contribution in [0.2, 0.25) is 0 Å². The Morgan fingerprint density at radius 2 is 1.71 bits per heavy atom. The molecule has 1 fully saturated rings. The number of carbonyl (C=O) groups is 1. The van der Waals surface area contributed by atoms with Crippen LogP contribution in [0.1, 0.15) is 53.6 Å². The molecular weight excluding hydrogens is 227 g/mol. The molecule has 1 aromatic rings. The van der Waals surface area contributed by atoms with Gasteiger partial charge in [-0.1, -0.05) is 37.5 Å². The van der Waals surface area contributed by atoms with Crippen LogP contribution in [0.3, 0.4) is 0 Å². The summed E-state index contributed by atoms with van der Waals surface area (Å²) in [7, 11) is 0.487. The van der Waals surface area contributed by atoms with Gasteiger partial charge in [0.2, 0.25) is 0 Å². The lowest BCUT2D eigenvalue weighted by atomic mass is 10.0. The van der Waals surface area contributed by atoms with Crippen LogP contribution in [0, 0.1) is 13.8 Å². The van der Waals surface area contributed by atoms with Crippen LogP contribution in [-0.2, 0) is 0 Å². The highest BCUT2D eigenvalue weighted by atomic mass is 31.1. The summed E-state index contributed by atoms with van der Waals surface area (Å²) in [4.78, 5) is 12.4. The molecule has 1 aromatic carbocycles. The first kappa shape index (κ1) is 12.8. The summed E-state index contributed by atoms with van der Waals surface area (Å²) in [5.41, 5.74) is 4.30. The molecule has 1 saturated carbocycles. The Hall–Kier alpha value is -0.680. The molecule has 0 aliphatic heterocycles. The molecule has 0 N–H and O–H groups in total. The predicted molar refractivity (Wildman–Crippen MR) is 75.4 cm³/mol. The number of hydrogen-bond acceptors (Lipinski definition) is 1. The molecule has 0 spiro atoms. The molecule has 0 radical (unpaired) electrons. The second kappa shape index (κ2) is 5.78. The van der Waals surface area contributed by atoms with Gasteiger partial charge in [-0.05, 0) is 52.1 Å². The van der Waals surface area contributed by atoms with E-state index < -0.39 is 0 Å². The van der Waals surface area contributed by atoms with Gasteiger partial charge in [0.05, 0.1) is 0 Å². The first-order valence-electron chi connectivity index (χ1n) is 6.55. The highest BCUT2D eigenvalue weighted by molar-refractivity contribution is 7.59. The van der Waals surface area contributed by atoms with Crippen molar-refractivity contribution in [2.75, 3.05) is 0 Å². The number of carbonyl (C=O) groups excluding carboxylic acids is 1. The summed E-state index contributed by atoms with van der Waals surface area (Å²) < 4.78 is 0. The van der Waals surface area contributed by atoms with Crippen molar-refractivity contribution >= 4 is 14.1 Å². The molecule has 0 aromatic heterocycles. The van der Waals surface area contributed by atoms with E-state index in [1.807, 2.05) is 32.0 Å². The van der Waals surface area contributed by atoms with Gasteiger partial charge in [-0.25, -0.2) is 0 Å². The molecule has 1 aliphatic rings. The molecule has 17 heavy (non-hydrogen) atoms. The average Bonchev–Trinajstić information content (AvgIpc) is 2.30. The van der Waals surface area contributed by atoms with Crippen molar-refractivity contribution in [3.8, 4) is 0 Å². The van der Waals surface area contributed by atoms with Crippen molar-refractivity contribution in [3.05, 3.63) is 34.9 Å². The fourth-order valence-corrected chi connectivity index (χ4v) is 4.28. The van der Waals surface area contributed by atoms with Crippen molar-refractivity contribution in [2.24, 2.45) is 0 Å². The minimum absolute atomic E-state index is 0.382. The monoisotopic (exact) mass is 248 g/mol. The Labute approximate surface area is 106 Å². The maximum Gasteiger partial charge on any atom is 0.181 e. The zero-order valence-corrected chi connectivity index (χ0v) is 11.8. The highest BCUT2D eigenvalue weighted by Crippen LogP contribution is 2.36. The van der Waals surface area contributed by atoms with Gasteiger partial charge in [0.25, 0.3) is 0 Å². The Kier molecular flexibility index (Phi) is 4.34. The van der Waals surface area contributed by atoms with Crippen LogP contribution >= 0.6 is 8.58 Å². The Balaban J connectivity index is 2.08. The molecule has 2 rings (SSSR count). The Morgan fingerprint density at radius 3 is 2.29 bits per heavy atom. The van der Waals surface area contributed by atoms with E-state index in [0.717, 1.165) is 16.7 Å². The van der Waals surface area contributed by atoms with E-state index in [4.69, 9.17) is 0 Å². The van der Waals surface area contributed by atoms with Crippen LogP contribution in [0.15, 0.2) is 18.2 Å². The standard InChI is InChI=1S/C15H21OP/c1-11-7-6-8-12(2)14(11)15(16)17-13-9-4-3-5-10-13/h6-8,13,17H,3-5,9-10H2,1-2H3. The lowest BCUT2D eigenvalue weighted by Gasteiger charge is -2.21. The predicted octanol–water partition coefficient (Wildman–Crippen LogP) is 4.45. The van der Waals surface area contributed by atoms with Gasteiger partial charge < -0.3 is 0 Å². The SMILES string of the molecule is Cc1cccc(C)c1C(=O)PC1CCCCC1. The largest absolute Gasteiger partial charge is 0.289 e. The lowest BCUT2D eigenvalue weighted by Crippen LogP contribution is -2.10. The van der Waals surface area contributed by atoms with Gasteiger partial charge in [0.1, 0.15) is 0 Å². The van der Waals surface area contributed by atoms with Crippen molar-refractivity contribution in [1.82, 2.24) is 0 Å². The van der Waals surface area contributed by atoms with Gasteiger partial charge >= 0.3 is 0 Å². The molecular formula is C15H21OP. The highest BCUT2D eigenvalue weighted by Gasteiger charge is 2.19. The summed E-state index contributed by atoms with van der Waals surface area (Å²) >= 11 is 0. The van der Waals surface area contributed by atoms with E-state index in [1.165, 1.54) is 32.1 Å². The normalized spacial score (nSPS) is 17.8. The fraction of sp³-hybridized carbons (Fsp3) is 0.533. The van der Waals surface area contributed by atoms with Crippen LogP contribution in [0.5, 0.6) is 0 Å².